The number of nitrogens with zero attached hydrogens (tertiary/aromatic N) is 2. The van der Waals surface area contributed by atoms with Crippen LogP contribution in [0.1, 0.15) is 20.9 Å². The summed E-state index contributed by atoms with van der Waals surface area (Å²) in [5.74, 6) is -2.27. The second kappa shape index (κ2) is 8.23. The number of halogens is 2. The fourth-order valence-electron chi connectivity index (χ4n) is 2.97. The molecule has 0 unspecified atom stereocenters. The van der Waals surface area contributed by atoms with Crippen LogP contribution in [0.4, 0.5) is 20.2 Å². The quantitative estimate of drug-likeness (QED) is 0.497. The fraction of sp³-hybridized carbons (Fsp3) is 0.0455. The zero-order chi connectivity index (χ0) is 22.0. The van der Waals surface area contributed by atoms with Gasteiger partial charge in [0.25, 0.3) is 11.8 Å². The summed E-state index contributed by atoms with van der Waals surface area (Å²) < 4.78 is 33.8. The van der Waals surface area contributed by atoms with Crippen molar-refractivity contribution in [3.8, 4) is 11.3 Å². The molecule has 0 aliphatic heterocycles. The van der Waals surface area contributed by atoms with Gasteiger partial charge in [0.2, 0.25) is 0 Å². The molecule has 0 spiro atoms. The van der Waals surface area contributed by atoms with Crippen LogP contribution in [0.5, 0.6) is 0 Å². The molecule has 7 nitrogen and oxygen atoms in total. The highest BCUT2D eigenvalue weighted by Gasteiger charge is 2.20. The molecular weight excluding hydrogens is 406 g/mol. The number of hydrogen-bond donors (Lipinski definition) is 2. The van der Waals surface area contributed by atoms with Crippen LogP contribution in [0.15, 0.2) is 71.5 Å². The fourth-order valence-corrected chi connectivity index (χ4v) is 2.97. The summed E-state index contributed by atoms with van der Waals surface area (Å²) in [6.45, 7) is 0. The highest BCUT2D eigenvalue weighted by Crippen LogP contribution is 2.26. The first-order valence-corrected chi connectivity index (χ1v) is 9.16. The average Bonchev–Trinajstić information content (AvgIpc) is 3.39. The molecule has 4 aromatic rings. The second-order valence-electron chi connectivity index (χ2n) is 6.65. The van der Waals surface area contributed by atoms with E-state index in [4.69, 9.17) is 4.42 Å². The van der Waals surface area contributed by atoms with Gasteiger partial charge < -0.3 is 15.1 Å². The average molecular weight is 422 g/mol. The van der Waals surface area contributed by atoms with E-state index in [1.54, 1.807) is 43.4 Å². The summed E-state index contributed by atoms with van der Waals surface area (Å²) in [5.41, 5.74) is 1.21. The Bertz CT molecular complexity index is 1250. The minimum atomic E-state index is -0.815. The maximum Gasteiger partial charge on any atom is 0.291 e. The van der Waals surface area contributed by atoms with Gasteiger partial charge in [-0.1, -0.05) is 0 Å². The van der Waals surface area contributed by atoms with Crippen molar-refractivity contribution >= 4 is 23.2 Å². The highest BCUT2D eigenvalue weighted by molar-refractivity contribution is 6.08. The predicted octanol–water partition coefficient (Wildman–Crippen LogP) is 4.46. The number of aromatic nitrogens is 2. The summed E-state index contributed by atoms with van der Waals surface area (Å²) in [6, 6.07) is 12.7. The van der Waals surface area contributed by atoms with Gasteiger partial charge in [-0.05, 0) is 48.5 Å². The van der Waals surface area contributed by atoms with Gasteiger partial charge in [0, 0.05) is 36.2 Å². The van der Waals surface area contributed by atoms with E-state index in [-0.39, 0.29) is 22.6 Å². The number of hydrogen-bond acceptors (Lipinski definition) is 4. The molecular formula is C22H16F2N4O3. The second-order valence-corrected chi connectivity index (χ2v) is 6.65. The Balaban J connectivity index is 1.50. The number of anilines is 2. The number of carbonyl (C=O) groups is 2. The van der Waals surface area contributed by atoms with E-state index in [0.717, 1.165) is 12.1 Å². The molecule has 0 aliphatic carbocycles. The van der Waals surface area contributed by atoms with Gasteiger partial charge in [0.05, 0.1) is 11.8 Å². The minimum Gasteiger partial charge on any atom is -0.459 e. The first-order valence-electron chi connectivity index (χ1n) is 9.16. The minimum absolute atomic E-state index is 0.0168. The van der Waals surface area contributed by atoms with Crippen molar-refractivity contribution in [3.63, 3.8) is 0 Å². The monoisotopic (exact) mass is 422 g/mol. The molecule has 0 aliphatic rings. The van der Waals surface area contributed by atoms with Crippen molar-refractivity contribution in [1.29, 1.82) is 0 Å². The molecule has 0 radical (unpaired) electrons. The van der Waals surface area contributed by atoms with Gasteiger partial charge in [-0.25, -0.2) is 8.78 Å². The molecule has 9 heteroatoms. The lowest BCUT2D eigenvalue weighted by molar-refractivity contribution is 0.0994. The number of benzene rings is 2. The van der Waals surface area contributed by atoms with E-state index in [1.807, 2.05) is 0 Å². The summed E-state index contributed by atoms with van der Waals surface area (Å²) in [4.78, 5) is 24.8. The van der Waals surface area contributed by atoms with Crippen molar-refractivity contribution in [2.24, 2.45) is 7.05 Å². The van der Waals surface area contributed by atoms with Gasteiger partial charge in [-0.3, -0.25) is 14.3 Å². The Kier molecular flexibility index (Phi) is 5.31. The van der Waals surface area contributed by atoms with Crippen molar-refractivity contribution in [2.75, 3.05) is 10.6 Å². The van der Waals surface area contributed by atoms with Gasteiger partial charge in [-0.15, -0.1) is 0 Å². The van der Waals surface area contributed by atoms with Crippen LogP contribution in [0, 0.1) is 11.6 Å². The van der Waals surface area contributed by atoms with Crippen molar-refractivity contribution < 1.29 is 22.8 Å². The van der Waals surface area contributed by atoms with Crippen molar-refractivity contribution in [2.45, 2.75) is 0 Å². The molecule has 0 fully saturated rings. The summed E-state index contributed by atoms with van der Waals surface area (Å²) in [7, 11) is 1.60. The van der Waals surface area contributed by atoms with E-state index >= 15 is 0 Å². The van der Waals surface area contributed by atoms with Crippen LogP contribution >= 0.6 is 0 Å². The van der Waals surface area contributed by atoms with Gasteiger partial charge in [0.1, 0.15) is 17.3 Å². The number of rotatable bonds is 5. The first-order chi connectivity index (χ1) is 14.9. The summed E-state index contributed by atoms with van der Waals surface area (Å²) >= 11 is 0. The molecule has 2 N–H and O–H groups in total. The number of furan rings is 1. The van der Waals surface area contributed by atoms with Crippen LogP contribution in [0.25, 0.3) is 11.3 Å². The smallest absolute Gasteiger partial charge is 0.291 e. The zero-order valence-electron chi connectivity index (χ0n) is 16.2. The number of amides is 2. The Morgan fingerprint density at radius 1 is 0.968 bits per heavy atom. The third-order valence-electron chi connectivity index (χ3n) is 4.41. The molecule has 2 aromatic carbocycles. The Morgan fingerprint density at radius 2 is 1.65 bits per heavy atom. The van der Waals surface area contributed by atoms with E-state index in [0.29, 0.717) is 11.4 Å². The largest absolute Gasteiger partial charge is 0.459 e. The third kappa shape index (κ3) is 4.35. The summed E-state index contributed by atoms with van der Waals surface area (Å²) in [6.07, 6.45) is 2.85. The number of carbonyl (C=O) groups excluding carboxylic acids is 2. The zero-order valence-corrected chi connectivity index (χ0v) is 16.2. The molecule has 0 saturated carbocycles. The van der Waals surface area contributed by atoms with Gasteiger partial charge in [0.15, 0.2) is 5.76 Å². The van der Waals surface area contributed by atoms with Crippen LogP contribution in [-0.4, -0.2) is 21.6 Å². The molecule has 156 valence electrons. The Morgan fingerprint density at radius 3 is 2.26 bits per heavy atom. The van der Waals surface area contributed by atoms with E-state index in [2.05, 4.69) is 15.7 Å². The molecule has 4 rings (SSSR count). The molecule has 0 bridgehead atoms. The predicted molar refractivity (Wildman–Crippen MR) is 110 cm³/mol. The van der Waals surface area contributed by atoms with Gasteiger partial charge in [-0.2, -0.15) is 5.10 Å². The maximum absolute atomic E-state index is 14.2. The lowest BCUT2D eigenvalue weighted by Crippen LogP contribution is -2.13. The molecule has 2 amide bonds. The Hall–Kier alpha value is -4.27. The molecule has 2 aromatic heterocycles. The number of nitrogens with one attached hydrogen (secondary N) is 2. The SMILES string of the molecule is Cn1cc(C(=O)Nc2ccc(NC(=O)c3ccco3)cc2)c(-c2ccc(F)cc2F)n1. The first kappa shape index (κ1) is 20.0. The topological polar surface area (TPSA) is 89.2 Å². The van der Waals surface area contributed by atoms with Crippen LogP contribution in [-0.2, 0) is 7.05 Å². The normalized spacial score (nSPS) is 10.7. The van der Waals surface area contributed by atoms with Gasteiger partial charge >= 0.3 is 0 Å². The lowest BCUT2D eigenvalue weighted by Gasteiger charge is -2.08. The lowest BCUT2D eigenvalue weighted by atomic mass is 10.1. The highest BCUT2D eigenvalue weighted by atomic mass is 19.1. The van der Waals surface area contributed by atoms with Crippen LogP contribution < -0.4 is 10.6 Å². The van der Waals surface area contributed by atoms with E-state index in [9.17, 15) is 18.4 Å². The van der Waals surface area contributed by atoms with E-state index in [1.165, 1.54) is 23.2 Å². The maximum atomic E-state index is 14.2. The molecule has 0 atom stereocenters. The van der Waals surface area contributed by atoms with Crippen LogP contribution in [0.2, 0.25) is 0 Å². The van der Waals surface area contributed by atoms with Crippen molar-refractivity contribution in [3.05, 3.63) is 90.0 Å². The van der Waals surface area contributed by atoms with Crippen LogP contribution in [0.3, 0.4) is 0 Å². The number of aryl methyl sites for hydroxylation is 1. The molecule has 31 heavy (non-hydrogen) atoms. The standard InChI is InChI=1S/C22H16F2N4O3/c1-28-12-17(20(27-28)16-9-4-13(23)11-18(16)24)21(29)25-14-5-7-15(8-6-14)26-22(30)19-3-2-10-31-19/h2-12H,1H3,(H,25,29)(H,26,30). The van der Waals surface area contributed by atoms with Crippen molar-refractivity contribution in [1.82, 2.24) is 9.78 Å². The van der Waals surface area contributed by atoms with E-state index < -0.39 is 23.4 Å². The Labute approximate surface area is 175 Å². The third-order valence-corrected chi connectivity index (χ3v) is 4.41. The molecule has 2 heterocycles. The molecule has 0 saturated heterocycles. The summed E-state index contributed by atoms with van der Waals surface area (Å²) in [5, 5.41) is 9.51.